The van der Waals surface area contributed by atoms with E-state index < -0.39 is 0 Å². The van der Waals surface area contributed by atoms with Crippen LogP contribution in [-0.4, -0.2) is 12.5 Å². The molecular weight excluding hydrogens is 334 g/mol. The highest BCUT2D eigenvalue weighted by atomic mass is 35.5. The minimum absolute atomic E-state index is 0.0473. The van der Waals surface area contributed by atoms with Crippen LogP contribution in [-0.2, 0) is 11.3 Å². The van der Waals surface area contributed by atoms with E-state index >= 15 is 0 Å². The molecule has 4 heteroatoms. The lowest BCUT2D eigenvalue weighted by Gasteiger charge is -2.12. The van der Waals surface area contributed by atoms with E-state index in [2.05, 4.69) is 5.32 Å². The average Bonchev–Trinajstić information content (AvgIpc) is 2.66. The maximum atomic E-state index is 12.1. The summed E-state index contributed by atoms with van der Waals surface area (Å²) in [6.45, 7) is 0.330. The van der Waals surface area contributed by atoms with E-state index in [0.717, 1.165) is 16.7 Å². The minimum Gasteiger partial charge on any atom is -0.483 e. The van der Waals surface area contributed by atoms with Crippen molar-refractivity contribution in [3.63, 3.8) is 0 Å². The summed E-state index contributed by atoms with van der Waals surface area (Å²) in [7, 11) is 0. The zero-order chi connectivity index (χ0) is 17.5. The summed E-state index contributed by atoms with van der Waals surface area (Å²) < 4.78 is 5.73. The van der Waals surface area contributed by atoms with Gasteiger partial charge in [0, 0.05) is 17.1 Å². The van der Waals surface area contributed by atoms with E-state index in [0.29, 0.717) is 17.3 Å². The van der Waals surface area contributed by atoms with Crippen molar-refractivity contribution >= 4 is 17.5 Å². The second-order valence-corrected chi connectivity index (χ2v) is 5.93. The first-order chi connectivity index (χ1) is 12.2. The van der Waals surface area contributed by atoms with Crippen LogP contribution in [0.3, 0.4) is 0 Å². The lowest BCUT2D eigenvalue weighted by Crippen LogP contribution is -2.28. The van der Waals surface area contributed by atoms with Crippen molar-refractivity contribution in [2.75, 3.05) is 6.61 Å². The molecule has 1 N–H and O–H groups in total. The number of hydrogen-bond donors (Lipinski definition) is 1. The maximum Gasteiger partial charge on any atom is 0.258 e. The molecule has 126 valence electrons. The van der Waals surface area contributed by atoms with E-state index in [4.69, 9.17) is 16.3 Å². The molecule has 0 fully saturated rings. The molecule has 3 aromatic rings. The second kappa shape index (κ2) is 8.36. The summed E-state index contributed by atoms with van der Waals surface area (Å²) in [6.07, 6.45) is 0. The summed E-state index contributed by atoms with van der Waals surface area (Å²) in [6, 6.07) is 25.1. The number of hydrogen-bond acceptors (Lipinski definition) is 2. The van der Waals surface area contributed by atoms with Crippen LogP contribution in [0.1, 0.15) is 5.56 Å². The highest BCUT2D eigenvalue weighted by Gasteiger charge is 2.08. The minimum atomic E-state index is -0.192. The average molecular weight is 352 g/mol. The summed E-state index contributed by atoms with van der Waals surface area (Å²) in [5.74, 6) is 0.490. The maximum absolute atomic E-state index is 12.1. The normalized spacial score (nSPS) is 10.3. The van der Waals surface area contributed by atoms with Crippen LogP contribution >= 0.6 is 11.6 Å². The SMILES string of the molecule is O=C(COc1ccccc1-c1ccccc1)NCc1ccccc1Cl. The molecule has 0 aliphatic rings. The standard InChI is InChI=1S/C21H18ClNO2/c22-19-12-6-4-10-17(19)14-23-21(24)15-25-20-13-7-5-11-18(20)16-8-2-1-3-9-16/h1-13H,14-15H2,(H,23,24). The van der Waals surface area contributed by atoms with Gasteiger partial charge in [-0.05, 0) is 23.3 Å². The highest BCUT2D eigenvalue weighted by molar-refractivity contribution is 6.31. The van der Waals surface area contributed by atoms with Crippen molar-refractivity contribution in [3.05, 3.63) is 89.4 Å². The summed E-state index contributed by atoms with van der Waals surface area (Å²) in [5.41, 5.74) is 2.89. The molecule has 0 unspecified atom stereocenters. The summed E-state index contributed by atoms with van der Waals surface area (Å²) >= 11 is 6.09. The van der Waals surface area contributed by atoms with Gasteiger partial charge in [-0.3, -0.25) is 4.79 Å². The van der Waals surface area contributed by atoms with Gasteiger partial charge in [0.25, 0.3) is 5.91 Å². The van der Waals surface area contributed by atoms with E-state index in [-0.39, 0.29) is 12.5 Å². The largest absolute Gasteiger partial charge is 0.483 e. The molecule has 0 spiro atoms. The Balaban J connectivity index is 1.60. The number of ether oxygens (including phenoxy) is 1. The van der Waals surface area contributed by atoms with Crippen LogP contribution in [0.2, 0.25) is 5.02 Å². The Hall–Kier alpha value is -2.78. The lowest BCUT2D eigenvalue weighted by molar-refractivity contribution is -0.123. The highest BCUT2D eigenvalue weighted by Crippen LogP contribution is 2.29. The zero-order valence-electron chi connectivity index (χ0n) is 13.6. The van der Waals surface area contributed by atoms with Crippen LogP contribution in [0.25, 0.3) is 11.1 Å². The van der Waals surface area contributed by atoms with Gasteiger partial charge in [0.1, 0.15) is 5.75 Å². The third kappa shape index (κ3) is 4.61. The van der Waals surface area contributed by atoms with Crippen molar-refractivity contribution in [1.29, 1.82) is 0 Å². The molecule has 0 atom stereocenters. The number of carbonyl (C=O) groups excluding carboxylic acids is 1. The van der Waals surface area contributed by atoms with Crippen molar-refractivity contribution in [3.8, 4) is 16.9 Å². The molecule has 0 bridgehead atoms. The van der Waals surface area contributed by atoms with E-state index in [1.165, 1.54) is 0 Å². The molecule has 0 radical (unpaired) electrons. The van der Waals surface area contributed by atoms with Crippen molar-refractivity contribution in [2.45, 2.75) is 6.54 Å². The molecule has 0 aromatic heterocycles. The topological polar surface area (TPSA) is 38.3 Å². The first-order valence-electron chi connectivity index (χ1n) is 8.01. The molecule has 3 aromatic carbocycles. The molecule has 0 aliphatic heterocycles. The van der Waals surface area contributed by atoms with Gasteiger partial charge in [0.15, 0.2) is 6.61 Å². The fourth-order valence-corrected chi connectivity index (χ4v) is 2.68. The Kier molecular flexibility index (Phi) is 5.70. The first-order valence-corrected chi connectivity index (χ1v) is 8.39. The second-order valence-electron chi connectivity index (χ2n) is 5.52. The number of benzene rings is 3. The number of nitrogens with one attached hydrogen (secondary N) is 1. The van der Waals surface area contributed by atoms with Gasteiger partial charge in [-0.15, -0.1) is 0 Å². The molecular formula is C21H18ClNO2. The molecule has 1 amide bonds. The van der Waals surface area contributed by atoms with E-state index in [1.54, 1.807) is 6.07 Å². The predicted molar refractivity (Wildman–Crippen MR) is 101 cm³/mol. The molecule has 0 saturated carbocycles. The monoisotopic (exact) mass is 351 g/mol. The molecule has 25 heavy (non-hydrogen) atoms. The third-order valence-corrected chi connectivity index (χ3v) is 4.13. The van der Waals surface area contributed by atoms with E-state index in [9.17, 15) is 4.79 Å². The zero-order valence-corrected chi connectivity index (χ0v) is 14.4. The Morgan fingerprint density at radius 1 is 0.880 bits per heavy atom. The van der Waals surface area contributed by atoms with Gasteiger partial charge in [-0.2, -0.15) is 0 Å². The van der Waals surface area contributed by atoms with Crippen LogP contribution in [0, 0.1) is 0 Å². The molecule has 3 nitrogen and oxygen atoms in total. The quantitative estimate of drug-likeness (QED) is 0.699. The number of amides is 1. The number of para-hydroxylation sites is 1. The molecule has 0 aliphatic carbocycles. The van der Waals surface area contributed by atoms with Crippen LogP contribution in [0.5, 0.6) is 5.75 Å². The van der Waals surface area contributed by atoms with Crippen molar-refractivity contribution in [1.82, 2.24) is 5.32 Å². The van der Waals surface area contributed by atoms with E-state index in [1.807, 2.05) is 72.8 Å². The Morgan fingerprint density at radius 2 is 1.56 bits per heavy atom. The van der Waals surface area contributed by atoms with Crippen LogP contribution in [0.4, 0.5) is 0 Å². The fourth-order valence-electron chi connectivity index (χ4n) is 2.48. The Labute approximate surface area is 152 Å². The van der Waals surface area contributed by atoms with Crippen LogP contribution < -0.4 is 10.1 Å². The van der Waals surface area contributed by atoms with Crippen molar-refractivity contribution in [2.24, 2.45) is 0 Å². The first kappa shape index (κ1) is 17.1. The lowest BCUT2D eigenvalue weighted by atomic mass is 10.1. The number of halogens is 1. The third-order valence-electron chi connectivity index (χ3n) is 3.76. The molecule has 0 heterocycles. The number of carbonyl (C=O) groups is 1. The van der Waals surface area contributed by atoms with Gasteiger partial charge in [0.05, 0.1) is 0 Å². The summed E-state index contributed by atoms with van der Waals surface area (Å²) in [4.78, 5) is 12.1. The van der Waals surface area contributed by atoms with Gasteiger partial charge in [-0.1, -0.05) is 78.3 Å². The Bertz CT molecular complexity index is 849. The Morgan fingerprint density at radius 3 is 2.36 bits per heavy atom. The smallest absolute Gasteiger partial charge is 0.258 e. The van der Waals surface area contributed by atoms with Crippen LogP contribution in [0.15, 0.2) is 78.9 Å². The van der Waals surface area contributed by atoms with Gasteiger partial charge in [-0.25, -0.2) is 0 Å². The van der Waals surface area contributed by atoms with Gasteiger partial charge in [0.2, 0.25) is 0 Å². The van der Waals surface area contributed by atoms with Gasteiger partial charge >= 0.3 is 0 Å². The van der Waals surface area contributed by atoms with Gasteiger partial charge < -0.3 is 10.1 Å². The van der Waals surface area contributed by atoms with Crippen molar-refractivity contribution < 1.29 is 9.53 Å². The molecule has 0 saturated heterocycles. The fraction of sp³-hybridized carbons (Fsp3) is 0.0952. The molecule has 3 rings (SSSR count). The summed E-state index contributed by atoms with van der Waals surface area (Å²) in [5, 5.41) is 3.46. The predicted octanol–water partition coefficient (Wildman–Crippen LogP) is 4.70. The number of rotatable bonds is 6.